The van der Waals surface area contributed by atoms with Gasteiger partial charge in [-0.25, -0.2) is 0 Å². The molecular weight excluding hydrogens is 226 g/mol. The van der Waals surface area contributed by atoms with Crippen molar-refractivity contribution in [2.24, 2.45) is 0 Å². The zero-order valence-electron chi connectivity index (χ0n) is 9.71. The van der Waals surface area contributed by atoms with Crippen molar-refractivity contribution in [3.63, 3.8) is 0 Å². The maximum atomic E-state index is 10.9. The van der Waals surface area contributed by atoms with Crippen molar-refractivity contribution in [1.82, 2.24) is 0 Å². The molecule has 1 aromatic carbocycles. The minimum Gasteiger partial charge on any atom is -0.502 e. The molecule has 0 saturated heterocycles. The lowest BCUT2D eigenvalue weighted by Crippen LogP contribution is -2.24. The summed E-state index contributed by atoms with van der Waals surface area (Å²) < 4.78 is 9.93. The van der Waals surface area contributed by atoms with Crippen LogP contribution in [0.5, 0.6) is 17.2 Å². The van der Waals surface area contributed by atoms with E-state index in [1.54, 1.807) is 0 Å². The Morgan fingerprint density at radius 2 is 1.82 bits per heavy atom. The number of benzene rings is 1. The molecule has 0 heterocycles. The van der Waals surface area contributed by atoms with E-state index in [2.05, 4.69) is 0 Å². The standard InChI is InChI=1S/C11H15NO5/c1-16-9-5-8(12(7-14)3-4-13)6-10(17-2)11(9)15/h5-7,13,15H,3-4H2,1-2H3. The maximum Gasteiger partial charge on any atom is 0.214 e. The number of phenols is 1. The number of nitrogens with zero attached hydrogens (tertiary/aromatic N) is 1. The second kappa shape index (κ2) is 5.95. The van der Waals surface area contributed by atoms with Gasteiger partial charge in [-0.1, -0.05) is 0 Å². The number of aliphatic hydroxyl groups excluding tert-OH is 1. The summed E-state index contributed by atoms with van der Waals surface area (Å²) in [5.41, 5.74) is 0.473. The largest absolute Gasteiger partial charge is 0.502 e. The number of carbonyl (C=O) groups excluding carboxylic acids is 1. The molecule has 0 aromatic heterocycles. The molecule has 0 aliphatic rings. The first-order valence-electron chi connectivity index (χ1n) is 4.95. The minimum atomic E-state index is -0.162. The summed E-state index contributed by atoms with van der Waals surface area (Å²) >= 11 is 0. The van der Waals surface area contributed by atoms with E-state index in [0.29, 0.717) is 12.1 Å². The molecule has 1 rings (SSSR count). The lowest BCUT2D eigenvalue weighted by Gasteiger charge is -2.18. The molecule has 1 aromatic rings. The van der Waals surface area contributed by atoms with E-state index in [1.165, 1.54) is 31.3 Å². The van der Waals surface area contributed by atoms with Crippen LogP contribution in [0, 0.1) is 0 Å². The Morgan fingerprint density at radius 3 is 2.18 bits per heavy atom. The van der Waals surface area contributed by atoms with Gasteiger partial charge in [0.25, 0.3) is 0 Å². The maximum absolute atomic E-state index is 10.9. The molecule has 0 atom stereocenters. The number of amides is 1. The molecule has 0 aliphatic heterocycles. The topological polar surface area (TPSA) is 79.2 Å². The van der Waals surface area contributed by atoms with Crippen LogP contribution in [0.4, 0.5) is 5.69 Å². The minimum absolute atomic E-state index is 0.131. The highest BCUT2D eigenvalue weighted by molar-refractivity contribution is 5.78. The van der Waals surface area contributed by atoms with Gasteiger partial charge in [-0.05, 0) is 0 Å². The fourth-order valence-electron chi connectivity index (χ4n) is 1.40. The molecule has 1 amide bonds. The van der Waals surface area contributed by atoms with Crippen molar-refractivity contribution in [3.05, 3.63) is 12.1 Å². The number of hydrogen-bond acceptors (Lipinski definition) is 5. The van der Waals surface area contributed by atoms with Crippen LogP contribution in [0.3, 0.4) is 0 Å². The number of carbonyl (C=O) groups is 1. The molecular formula is C11H15NO5. The molecule has 94 valence electrons. The predicted octanol–water partition coefficient (Wildman–Crippen LogP) is 0.364. The van der Waals surface area contributed by atoms with Gasteiger partial charge in [0.05, 0.1) is 26.5 Å². The number of hydrogen-bond donors (Lipinski definition) is 2. The second-order valence-corrected chi connectivity index (χ2v) is 3.22. The van der Waals surface area contributed by atoms with E-state index in [1.807, 2.05) is 0 Å². The summed E-state index contributed by atoms with van der Waals surface area (Å²) in [6, 6.07) is 2.98. The van der Waals surface area contributed by atoms with Gasteiger partial charge in [0.1, 0.15) is 0 Å². The van der Waals surface area contributed by atoms with E-state index >= 15 is 0 Å². The molecule has 0 spiro atoms. The van der Waals surface area contributed by atoms with Crippen molar-refractivity contribution < 1.29 is 24.5 Å². The van der Waals surface area contributed by atoms with Gasteiger partial charge >= 0.3 is 0 Å². The van der Waals surface area contributed by atoms with E-state index in [0.717, 1.165) is 0 Å². The second-order valence-electron chi connectivity index (χ2n) is 3.22. The first kappa shape index (κ1) is 13.1. The third kappa shape index (κ3) is 2.79. The van der Waals surface area contributed by atoms with Gasteiger partial charge in [0, 0.05) is 18.7 Å². The number of aliphatic hydroxyl groups is 1. The predicted molar refractivity (Wildman–Crippen MR) is 61.7 cm³/mol. The molecule has 0 bridgehead atoms. The van der Waals surface area contributed by atoms with Crippen LogP contribution in [0.1, 0.15) is 0 Å². The Bertz CT molecular complexity index is 368. The molecule has 0 saturated carbocycles. The van der Waals surface area contributed by atoms with Crippen molar-refractivity contribution in [1.29, 1.82) is 0 Å². The van der Waals surface area contributed by atoms with Crippen molar-refractivity contribution in [3.8, 4) is 17.2 Å². The Kier molecular flexibility index (Phi) is 4.59. The zero-order valence-corrected chi connectivity index (χ0v) is 9.71. The fourth-order valence-corrected chi connectivity index (χ4v) is 1.40. The highest BCUT2D eigenvalue weighted by Gasteiger charge is 2.14. The lowest BCUT2D eigenvalue weighted by molar-refractivity contribution is -0.107. The van der Waals surface area contributed by atoms with Crippen LogP contribution in [-0.4, -0.2) is 44.0 Å². The summed E-state index contributed by atoms with van der Waals surface area (Å²) in [7, 11) is 2.80. The molecule has 0 unspecified atom stereocenters. The SMILES string of the molecule is COc1cc(N(C=O)CCO)cc(OC)c1O. The monoisotopic (exact) mass is 241 g/mol. The van der Waals surface area contributed by atoms with Gasteiger partial charge in [0.2, 0.25) is 12.2 Å². The third-order valence-corrected chi connectivity index (χ3v) is 2.26. The summed E-state index contributed by atoms with van der Waals surface area (Å²) in [4.78, 5) is 12.1. The number of rotatable bonds is 6. The van der Waals surface area contributed by atoms with E-state index < -0.39 is 0 Å². The summed E-state index contributed by atoms with van der Waals surface area (Å²) in [6.07, 6.45) is 0.585. The average Bonchev–Trinajstić information content (AvgIpc) is 2.36. The molecule has 17 heavy (non-hydrogen) atoms. The van der Waals surface area contributed by atoms with Crippen LogP contribution in [0.15, 0.2) is 12.1 Å². The number of anilines is 1. The van der Waals surface area contributed by atoms with Crippen LogP contribution >= 0.6 is 0 Å². The number of phenolic OH excluding ortho intramolecular Hbond substituents is 1. The van der Waals surface area contributed by atoms with Crippen molar-refractivity contribution in [2.75, 3.05) is 32.3 Å². The fraction of sp³-hybridized carbons (Fsp3) is 0.364. The summed E-state index contributed by atoms with van der Waals surface area (Å²) in [5.74, 6) is 0.266. The first-order valence-corrected chi connectivity index (χ1v) is 4.95. The number of methoxy groups -OCH3 is 2. The van der Waals surface area contributed by atoms with Gasteiger partial charge in [0.15, 0.2) is 11.5 Å². The Hall–Kier alpha value is -1.95. The molecule has 2 N–H and O–H groups in total. The van der Waals surface area contributed by atoms with Gasteiger partial charge in [-0.2, -0.15) is 0 Å². The van der Waals surface area contributed by atoms with Gasteiger partial charge in [-0.3, -0.25) is 4.79 Å². The smallest absolute Gasteiger partial charge is 0.214 e. The quantitative estimate of drug-likeness (QED) is 0.703. The highest BCUT2D eigenvalue weighted by Crippen LogP contribution is 2.39. The molecule has 0 fully saturated rings. The van der Waals surface area contributed by atoms with Crippen LogP contribution in [-0.2, 0) is 4.79 Å². The number of ether oxygens (including phenoxy) is 2. The first-order chi connectivity index (χ1) is 8.17. The Balaban J connectivity index is 3.19. The van der Waals surface area contributed by atoms with E-state index in [9.17, 15) is 9.90 Å². The Morgan fingerprint density at radius 1 is 1.29 bits per heavy atom. The Labute approximate surface area is 99.0 Å². The normalized spacial score (nSPS) is 9.82. The van der Waals surface area contributed by atoms with Crippen molar-refractivity contribution >= 4 is 12.1 Å². The molecule has 6 heteroatoms. The molecule has 6 nitrogen and oxygen atoms in total. The summed E-state index contributed by atoms with van der Waals surface area (Å²) in [5, 5.41) is 18.5. The molecule has 0 radical (unpaired) electrons. The van der Waals surface area contributed by atoms with Gasteiger partial charge < -0.3 is 24.6 Å². The lowest BCUT2D eigenvalue weighted by atomic mass is 10.2. The van der Waals surface area contributed by atoms with Crippen molar-refractivity contribution in [2.45, 2.75) is 0 Å². The van der Waals surface area contributed by atoms with Crippen LogP contribution in [0.25, 0.3) is 0 Å². The number of aromatic hydroxyl groups is 1. The van der Waals surface area contributed by atoms with E-state index in [4.69, 9.17) is 14.6 Å². The van der Waals surface area contributed by atoms with E-state index in [-0.39, 0.29) is 30.4 Å². The summed E-state index contributed by atoms with van der Waals surface area (Å²) in [6.45, 7) is -0.00910. The average molecular weight is 241 g/mol. The zero-order chi connectivity index (χ0) is 12.8. The van der Waals surface area contributed by atoms with Crippen LogP contribution in [0.2, 0.25) is 0 Å². The highest BCUT2D eigenvalue weighted by atomic mass is 16.5. The third-order valence-electron chi connectivity index (χ3n) is 2.26. The van der Waals surface area contributed by atoms with Crippen LogP contribution < -0.4 is 14.4 Å². The van der Waals surface area contributed by atoms with Gasteiger partial charge in [-0.15, -0.1) is 0 Å². The molecule has 0 aliphatic carbocycles.